The molecule has 0 spiro atoms. The van der Waals surface area contributed by atoms with Crippen molar-refractivity contribution in [3.63, 3.8) is 0 Å². The summed E-state index contributed by atoms with van der Waals surface area (Å²) < 4.78 is 0. The molecule has 1 amide bonds. The van der Waals surface area contributed by atoms with Crippen molar-refractivity contribution in [3.05, 3.63) is 0 Å². The summed E-state index contributed by atoms with van der Waals surface area (Å²) in [6, 6.07) is 1.97. The zero-order valence-electron chi connectivity index (χ0n) is 8.33. The van der Waals surface area contributed by atoms with Crippen molar-refractivity contribution in [3.8, 4) is 6.07 Å². The fourth-order valence-electron chi connectivity index (χ4n) is 2.14. The Morgan fingerprint density at radius 1 is 1.29 bits per heavy atom. The number of nitrogens with zero attached hydrogens (tertiary/aromatic N) is 1. The average molecular weight is 192 g/mol. The van der Waals surface area contributed by atoms with E-state index >= 15 is 0 Å². The van der Waals surface area contributed by atoms with E-state index in [1.165, 1.54) is 12.8 Å². The molecule has 14 heavy (non-hydrogen) atoms. The van der Waals surface area contributed by atoms with Crippen LogP contribution >= 0.6 is 0 Å². The SMILES string of the molecule is N#CC(NC(=O)C1CCCC1)C1CC1. The Hall–Kier alpha value is -1.04. The Morgan fingerprint density at radius 3 is 2.43 bits per heavy atom. The molecule has 3 nitrogen and oxygen atoms in total. The molecule has 0 bridgehead atoms. The van der Waals surface area contributed by atoms with E-state index in [0.29, 0.717) is 5.92 Å². The van der Waals surface area contributed by atoms with Gasteiger partial charge in [0.1, 0.15) is 6.04 Å². The molecule has 2 rings (SSSR count). The van der Waals surface area contributed by atoms with Crippen LogP contribution in [-0.4, -0.2) is 11.9 Å². The quantitative estimate of drug-likeness (QED) is 0.738. The molecule has 0 aromatic rings. The first kappa shape index (κ1) is 9.51. The maximum Gasteiger partial charge on any atom is 0.224 e. The molecular formula is C11H16N2O. The molecule has 2 aliphatic carbocycles. The summed E-state index contributed by atoms with van der Waals surface area (Å²) >= 11 is 0. The number of rotatable bonds is 3. The first-order valence-corrected chi connectivity index (χ1v) is 5.51. The Kier molecular flexibility index (Phi) is 2.72. The summed E-state index contributed by atoms with van der Waals surface area (Å²) in [5, 5.41) is 11.7. The first-order valence-electron chi connectivity index (χ1n) is 5.51. The van der Waals surface area contributed by atoms with E-state index in [1.54, 1.807) is 0 Å². The molecule has 0 saturated heterocycles. The summed E-state index contributed by atoms with van der Waals surface area (Å²) in [5.41, 5.74) is 0. The van der Waals surface area contributed by atoms with Gasteiger partial charge in [-0.15, -0.1) is 0 Å². The minimum atomic E-state index is -0.219. The van der Waals surface area contributed by atoms with Gasteiger partial charge in [-0.3, -0.25) is 4.79 Å². The standard InChI is InChI=1S/C11H16N2O/c12-7-10(8-5-6-8)13-11(14)9-3-1-2-4-9/h8-10H,1-6H2,(H,13,14). The number of carbonyl (C=O) groups excluding carboxylic acids is 1. The maximum atomic E-state index is 11.7. The molecular weight excluding hydrogens is 176 g/mol. The highest BCUT2D eigenvalue weighted by Gasteiger charge is 2.34. The second-order valence-electron chi connectivity index (χ2n) is 4.43. The van der Waals surface area contributed by atoms with Crippen LogP contribution < -0.4 is 5.32 Å². The molecule has 0 heterocycles. The number of nitriles is 1. The molecule has 2 aliphatic rings. The van der Waals surface area contributed by atoms with Crippen LogP contribution in [0.1, 0.15) is 38.5 Å². The van der Waals surface area contributed by atoms with Gasteiger partial charge in [0.15, 0.2) is 0 Å². The molecule has 2 fully saturated rings. The van der Waals surface area contributed by atoms with Crippen LogP contribution in [0.2, 0.25) is 0 Å². The van der Waals surface area contributed by atoms with Crippen molar-refractivity contribution in [2.24, 2.45) is 11.8 Å². The first-order chi connectivity index (χ1) is 6.81. The van der Waals surface area contributed by atoms with Crippen LogP contribution in [0, 0.1) is 23.2 Å². The van der Waals surface area contributed by atoms with Gasteiger partial charge in [-0.05, 0) is 31.6 Å². The van der Waals surface area contributed by atoms with Crippen LogP contribution in [0.4, 0.5) is 0 Å². The van der Waals surface area contributed by atoms with Gasteiger partial charge in [0.2, 0.25) is 5.91 Å². The summed E-state index contributed by atoms with van der Waals surface area (Å²) in [6.07, 6.45) is 6.55. The van der Waals surface area contributed by atoms with Crippen LogP contribution in [0.25, 0.3) is 0 Å². The number of hydrogen-bond donors (Lipinski definition) is 1. The Balaban J connectivity index is 1.83. The molecule has 0 aliphatic heterocycles. The lowest BCUT2D eigenvalue weighted by Gasteiger charge is -2.14. The van der Waals surface area contributed by atoms with Gasteiger partial charge in [-0.1, -0.05) is 12.8 Å². The predicted octanol–water partition coefficient (Wildman–Crippen LogP) is 1.59. The monoisotopic (exact) mass is 192 g/mol. The molecule has 1 atom stereocenters. The van der Waals surface area contributed by atoms with Crippen molar-refractivity contribution in [1.82, 2.24) is 5.32 Å². The lowest BCUT2D eigenvalue weighted by Crippen LogP contribution is -2.38. The van der Waals surface area contributed by atoms with Crippen LogP contribution in [-0.2, 0) is 4.79 Å². The fourth-order valence-corrected chi connectivity index (χ4v) is 2.14. The summed E-state index contributed by atoms with van der Waals surface area (Å²) in [7, 11) is 0. The molecule has 0 aromatic heterocycles. The minimum Gasteiger partial charge on any atom is -0.340 e. The van der Waals surface area contributed by atoms with Crippen LogP contribution in [0.5, 0.6) is 0 Å². The number of hydrogen-bond acceptors (Lipinski definition) is 2. The van der Waals surface area contributed by atoms with Gasteiger partial charge >= 0.3 is 0 Å². The van der Waals surface area contributed by atoms with Crippen molar-refractivity contribution in [2.75, 3.05) is 0 Å². The topological polar surface area (TPSA) is 52.9 Å². The van der Waals surface area contributed by atoms with Crippen molar-refractivity contribution in [2.45, 2.75) is 44.6 Å². The Labute approximate surface area is 84.5 Å². The third kappa shape index (κ3) is 2.06. The highest BCUT2D eigenvalue weighted by atomic mass is 16.1. The van der Waals surface area contributed by atoms with Crippen LogP contribution in [0.15, 0.2) is 0 Å². The molecule has 0 aromatic carbocycles. The molecule has 0 radical (unpaired) electrons. The average Bonchev–Trinajstić information content (AvgIpc) is 2.88. The normalized spacial score (nSPS) is 24.2. The lowest BCUT2D eigenvalue weighted by atomic mass is 10.1. The zero-order valence-corrected chi connectivity index (χ0v) is 8.33. The minimum absolute atomic E-state index is 0.112. The highest BCUT2D eigenvalue weighted by Crippen LogP contribution is 2.33. The molecule has 1 N–H and O–H groups in total. The van der Waals surface area contributed by atoms with Crippen molar-refractivity contribution >= 4 is 5.91 Å². The summed E-state index contributed by atoms with van der Waals surface area (Å²) in [6.45, 7) is 0. The summed E-state index contributed by atoms with van der Waals surface area (Å²) in [4.78, 5) is 11.7. The molecule has 3 heteroatoms. The maximum absolute atomic E-state index is 11.7. The second kappa shape index (κ2) is 4.00. The largest absolute Gasteiger partial charge is 0.340 e. The van der Waals surface area contributed by atoms with Crippen molar-refractivity contribution in [1.29, 1.82) is 5.26 Å². The van der Waals surface area contributed by atoms with E-state index in [1.807, 2.05) is 0 Å². The number of carbonyl (C=O) groups is 1. The Morgan fingerprint density at radius 2 is 1.93 bits per heavy atom. The molecule has 2 saturated carbocycles. The van der Waals surface area contributed by atoms with Gasteiger partial charge < -0.3 is 5.32 Å². The van der Waals surface area contributed by atoms with Gasteiger partial charge in [0.05, 0.1) is 6.07 Å². The third-order valence-corrected chi connectivity index (χ3v) is 3.26. The highest BCUT2D eigenvalue weighted by molar-refractivity contribution is 5.79. The second-order valence-corrected chi connectivity index (χ2v) is 4.43. The Bertz CT molecular complexity index is 259. The van der Waals surface area contributed by atoms with E-state index < -0.39 is 0 Å². The van der Waals surface area contributed by atoms with Gasteiger partial charge in [-0.25, -0.2) is 0 Å². The van der Waals surface area contributed by atoms with Gasteiger partial charge in [-0.2, -0.15) is 5.26 Å². The molecule has 76 valence electrons. The lowest BCUT2D eigenvalue weighted by molar-refractivity contribution is -0.125. The van der Waals surface area contributed by atoms with E-state index in [9.17, 15) is 4.79 Å². The van der Waals surface area contributed by atoms with E-state index in [0.717, 1.165) is 25.7 Å². The zero-order chi connectivity index (χ0) is 9.97. The van der Waals surface area contributed by atoms with Gasteiger partial charge in [0, 0.05) is 5.92 Å². The predicted molar refractivity (Wildman–Crippen MR) is 52.2 cm³/mol. The number of amides is 1. The van der Waals surface area contributed by atoms with Gasteiger partial charge in [0.25, 0.3) is 0 Å². The number of nitrogens with one attached hydrogen (secondary N) is 1. The smallest absolute Gasteiger partial charge is 0.224 e. The van der Waals surface area contributed by atoms with E-state index in [4.69, 9.17) is 5.26 Å². The van der Waals surface area contributed by atoms with E-state index in [-0.39, 0.29) is 17.9 Å². The van der Waals surface area contributed by atoms with E-state index in [2.05, 4.69) is 11.4 Å². The fraction of sp³-hybridized carbons (Fsp3) is 0.818. The molecule has 1 unspecified atom stereocenters. The van der Waals surface area contributed by atoms with Crippen molar-refractivity contribution < 1.29 is 4.79 Å². The van der Waals surface area contributed by atoms with Crippen LogP contribution in [0.3, 0.4) is 0 Å². The third-order valence-electron chi connectivity index (χ3n) is 3.26. The summed E-state index contributed by atoms with van der Waals surface area (Å²) in [5.74, 6) is 0.732.